The summed E-state index contributed by atoms with van der Waals surface area (Å²) in [5, 5.41) is 2.52. The molecular formula is C9H9BrN2O2. The van der Waals surface area contributed by atoms with E-state index in [9.17, 15) is 4.79 Å². The number of hydrogen-bond acceptors (Lipinski definition) is 3. The number of nitrogens with one attached hydrogen (secondary N) is 1. The SMILES string of the molecule is NCC(=O)NCC#Cc1occc1Br. The molecule has 1 aromatic heterocycles. The minimum absolute atomic E-state index is 0.0217. The summed E-state index contributed by atoms with van der Waals surface area (Å²) in [6.45, 7) is 0.245. The van der Waals surface area contributed by atoms with Gasteiger partial charge < -0.3 is 15.5 Å². The molecule has 0 unspecified atom stereocenters. The minimum Gasteiger partial charge on any atom is -0.455 e. The van der Waals surface area contributed by atoms with Crippen molar-refractivity contribution < 1.29 is 9.21 Å². The predicted octanol–water partition coefficient (Wildman–Crippen LogP) is 0.469. The molecule has 0 radical (unpaired) electrons. The summed E-state index contributed by atoms with van der Waals surface area (Å²) in [6, 6.07) is 1.75. The molecule has 0 bridgehead atoms. The number of halogens is 1. The van der Waals surface area contributed by atoms with E-state index < -0.39 is 0 Å². The molecule has 0 fully saturated rings. The lowest BCUT2D eigenvalue weighted by atomic mass is 10.4. The molecular weight excluding hydrogens is 248 g/mol. The van der Waals surface area contributed by atoms with Crippen LogP contribution in [0, 0.1) is 11.8 Å². The van der Waals surface area contributed by atoms with E-state index in [4.69, 9.17) is 10.2 Å². The van der Waals surface area contributed by atoms with E-state index in [-0.39, 0.29) is 19.0 Å². The molecule has 4 nitrogen and oxygen atoms in total. The summed E-state index contributed by atoms with van der Waals surface area (Å²) in [7, 11) is 0. The zero-order valence-corrected chi connectivity index (χ0v) is 8.93. The van der Waals surface area contributed by atoms with Crippen LogP contribution in [0.25, 0.3) is 0 Å². The monoisotopic (exact) mass is 256 g/mol. The Labute approximate surface area is 90.0 Å². The van der Waals surface area contributed by atoms with Crippen LogP contribution in [-0.2, 0) is 4.79 Å². The first-order valence-corrected chi connectivity index (χ1v) is 4.72. The third-order valence-corrected chi connectivity index (χ3v) is 2.00. The molecule has 74 valence electrons. The predicted molar refractivity (Wildman–Crippen MR) is 55.4 cm³/mol. The van der Waals surface area contributed by atoms with Crippen LogP contribution in [0.15, 0.2) is 21.2 Å². The lowest BCUT2D eigenvalue weighted by Crippen LogP contribution is -2.30. The van der Waals surface area contributed by atoms with Crippen LogP contribution >= 0.6 is 15.9 Å². The molecule has 1 rings (SSSR count). The van der Waals surface area contributed by atoms with E-state index >= 15 is 0 Å². The van der Waals surface area contributed by atoms with Crippen molar-refractivity contribution in [3.8, 4) is 11.8 Å². The maximum absolute atomic E-state index is 10.7. The molecule has 5 heteroatoms. The van der Waals surface area contributed by atoms with Crippen molar-refractivity contribution in [3.05, 3.63) is 22.6 Å². The fourth-order valence-electron chi connectivity index (χ4n) is 0.722. The average molecular weight is 257 g/mol. The maximum atomic E-state index is 10.7. The molecule has 0 saturated heterocycles. The van der Waals surface area contributed by atoms with E-state index in [0.29, 0.717) is 5.76 Å². The number of carbonyl (C=O) groups excluding carboxylic acids is 1. The van der Waals surface area contributed by atoms with Crippen LogP contribution in [0.4, 0.5) is 0 Å². The van der Waals surface area contributed by atoms with Crippen LogP contribution in [0.2, 0.25) is 0 Å². The van der Waals surface area contributed by atoms with E-state index in [1.165, 1.54) is 6.26 Å². The molecule has 1 aromatic rings. The number of nitrogens with two attached hydrogens (primary N) is 1. The summed E-state index contributed by atoms with van der Waals surface area (Å²) < 4.78 is 5.84. The zero-order chi connectivity index (χ0) is 10.4. The van der Waals surface area contributed by atoms with Crippen LogP contribution in [0.5, 0.6) is 0 Å². The van der Waals surface area contributed by atoms with Gasteiger partial charge in [-0.25, -0.2) is 0 Å². The Hall–Kier alpha value is -1.25. The smallest absolute Gasteiger partial charge is 0.234 e. The second-order valence-corrected chi connectivity index (χ2v) is 3.23. The molecule has 0 saturated carbocycles. The van der Waals surface area contributed by atoms with Gasteiger partial charge in [-0.2, -0.15) is 0 Å². The summed E-state index contributed by atoms with van der Waals surface area (Å²) in [4.78, 5) is 10.7. The quantitative estimate of drug-likeness (QED) is 0.756. The molecule has 14 heavy (non-hydrogen) atoms. The van der Waals surface area contributed by atoms with Crippen LogP contribution in [-0.4, -0.2) is 19.0 Å². The van der Waals surface area contributed by atoms with Crippen LogP contribution in [0.1, 0.15) is 5.76 Å². The molecule has 3 N–H and O–H groups in total. The Kier molecular flexibility index (Phi) is 4.23. The number of furan rings is 1. The van der Waals surface area contributed by atoms with Gasteiger partial charge in [0.1, 0.15) is 0 Å². The molecule has 0 aliphatic carbocycles. The molecule has 0 atom stereocenters. The Morgan fingerprint density at radius 1 is 1.71 bits per heavy atom. The van der Waals surface area contributed by atoms with E-state index in [2.05, 4.69) is 33.1 Å². The van der Waals surface area contributed by atoms with Gasteiger partial charge in [0.15, 0.2) is 5.76 Å². The Balaban J connectivity index is 2.42. The van der Waals surface area contributed by atoms with Gasteiger partial charge in [-0.3, -0.25) is 4.79 Å². The van der Waals surface area contributed by atoms with Crippen LogP contribution < -0.4 is 11.1 Å². The second kappa shape index (κ2) is 5.47. The lowest BCUT2D eigenvalue weighted by Gasteiger charge is -1.94. The topological polar surface area (TPSA) is 68.3 Å². The van der Waals surface area contributed by atoms with Crippen molar-refractivity contribution in [1.82, 2.24) is 5.32 Å². The number of hydrogen-bond donors (Lipinski definition) is 2. The third-order valence-electron chi connectivity index (χ3n) is 1.38. The first-order valence-electron chi connectivity index (χ1n) is 3.92. The molecule has 0 aliphatic rings. The normalized spacial score (nSPS) is 9.00. The fourth-order valence-corrected chi connectivity index (χ4v) is 1.02. The summed E-state index contributed by atoms with van der Waals surface area (Å²) in [5.74, 6) is 5.81. The van der Waals surface area contributed by atoms with E-state index in [1.54, 1.807) is 6.07 Å². The summed E-state index contributed by atoms with van der Waals surface area (Å²) in [6.07, 6.45) is 1.53. The van der Waals surface area contributed by atoms with Crippen molar-refractivity contribution in [2.24, 2.45) is 5.73 Å². The van der Waals surface area contributed by atoms with Crippen molar-refractivity contribution in [2.75, 3.05) is 13.1 Å². The molecule has 0 aliphatic heterocycles. The van der Waals surface area contributed by atoms with Crippen LogP contribution in [0.3, 0.4) is 0 Å². The van der Waals surface area contributed by atoms with Crippen molar-refractivity contribution in [2.45, 2.75) is 0 Å². The van der Waals surface area contributed by atoms with Crippen molar-refractivity contribution in [1.29, 1.82) is 0 Å². The Morgan fingerprint density at radius 2 is 2.50 bits per heavy atom. The first kappa shape index (κ1) is 10.8. The first-order chi connectivity index (χ1) is 6.74. The van der Waals surface area contributed by atoms with E-state index in [0.717, 1.165) is 4.47 Å². The number of amides is 1. The van der Waals surface area contributed by atoms with Gasteiger partial charge in [-0.15, -0.1) is 0 Å². The zero-order valence-electron chi connectivity index (χ0n) is 7.34. The third kappa shape index (κ3) is 3.24. The summed E-state index contributed by atoms with van der Waals surface area (Å²) >= 11 is 3.26. The molecule has 0 aromatic carbocycles. The van der Waals surface area contributed by atoms with Gasteiger partial charge >= 0.3 is 0 Å². The highest BCUT2D eigenvalue weighted by Gasteiger charge is 1.97. The average Bonchev–Trinajstić information content (AvgIpc) is 2.58. The van der Waals surface area contributed by atoms with E-state index in [1.807, 2.05) is 0 Å². The number of carbonyl (C=O) groups is 1. The summed E-state index contributed by atoms with van der Waals surface area (Å²) in [5.41, 5.74) is 5.09. The standard InChI is InChI=1S/C9H9BrN2O2/c10-7-3-5-14-8(7)2-1-4-12-9(13)6-11/h3,5H,4,6,11H2,(H,12,13). The van der Waals surface area contributed by atoms with Crippen molar-refractivity contribution in [3.63, 3.8) is 0 Å². The number of rotatable bonds is 2. The molecule has 1 amide bonds. The minimum atomic E-state index is -0.224. The highest BCUT2D eigenvalue weighted by molar-refractivity contribution is 9.10. The van der Waals surface area contributed by atoms with Gasteiger partial charge in [0, 0.05) is 0 Å². The lowest BCUT2D eigenvalue weighted by molar-refractivity contribution is -0.119. The maximum Gasteiger partial charge on any atom is 0.234 e. The second-order valence-electron chi connectivity index (χ2n) is 2.38. The Morgan fingerprint density at radius 3 is 3.07 bits per heavy atom. The van der Waals surface area contributed by atoms with Gasteiger partial charge in [0.05, 0.1) is 23.8 Å². The highest BCUT2D eigenvalue weighted by atomic mass is 79.9. The molecule has 1 heterocycles. The van der Waals surface area contributed by atoms with Gasteiger partial charge in [-0.05, 0) is 27.9 Å². The Bertz CT molecular complexity index is 376. The largest absolute Gasteiger partial charge is 0.455 e. The highest BCUT2D eigenvalue weighted by Crippen LogP contribution is 2.15. The van der Waals surface area contributed by atoms with Gasteiger partial charge in [0.2, 0.25) is 5.91 Å². The van der Waals surface area contributed by atoms with Gasteiger partial charge in [0.25, 0.3) is 0 Å². The van der Waals surface area contributed by atoms with Crippen molar-refractivity contribution >= 4 is 21.8 Å². The fraction of sp³-hybridized carbons (Fsp3) is 0.222. The van der Waals surface area contributed by atoms with Gasteiger partial charge in [-0.1, -0.05) is 5.92 Å². The molecule has 0 spiro atoms.